The Labute approximate surface area is 127 Å². The molecule has 0 saturated carbocycles. The monoisotopic (exact) mass is 312 g/mol. The van der Waals surface area contributed by atoms with Gasteiger partial charge in [-0.3, -0.25) is 4.79 Å². The summed E-state index contributed by atoms with van der Waals surface area (Å²) in [6, 6.07) is 2.86. The number of hydrogen-bond acceptors (Lipinski definition) is 3. The van der Waals surface area contributed by atoms with Gasteiger partial charge in [0, 0.05) is 25.7 Å². The third-order valence-electron chi connectivity index (χ3n) is 3.77. The van der Waals surface area contributed by atoms with Crippen molar-refractivity contribution in [2.75, 3.05) is 26.7 Å². The van der Waals surface area contributed by atoms with E-state index in [1.54, 1.807) is 4.90 Å². The minimum Gasteiger partial charge on any atom is -0.453 e. The van der Waals surface area contributed by atoms with Crippen LogP contribution in [0.25, 0.3) is 0 Å². The summed E-state index contributed by atoms with van der Waals surface area (Å²) in [4.78, 5) is 24.8. The lowest BCUT2D eigenvalue weighted by molar-refractivity contribution is 0.0910. The van der Waals surface area contributed by atoms with Gasteiger partial charge in [0.15, 0.2) is 0 Å². The van der Waals surface area contributed by atoms with Gasteiger partial charge in [0.25, 0.3) is 5.91 Å². The van der Waals surface area contributed by atoms with Gasteiger partial charge in [-0.1, -0.05) is 0 Å². The highest BCUT2D eigenvalue weighted by Crippen LogP contribution is 2.17. The lowest BCUT2D eigenvalue weighted by atomic mass is 9.97. The van der Waals surface area contributed by atoms with Gasteiger partial charge in [-0.25, -0.2) is 13.6 Å². The first kappa shape index (κ1) is 16.2. The van der Waals surface area contributed by atoms with Crippen molar-refractivity contribution in [3.05, 3.63) is 35.4 Å². The van der Waals surface area contributed by atoms with Gasteiger partial charge in [0.05, 0.1) is 12.7 Å². The Balaban J connectivity index is 1.81. The van der Waals surface area contributed by atoms with E-state index in [0.29, 0.717) is 25.7 Å². The van der Waals surface area contributed by atoms with E-state index in [4.69, 9.17) is 0 Å². The van der Waals surface area contributed by atoms with Crippen LogP contribution >= 0.6 is 0 Å². The molecule has 0 unspecified atom stereocenters. The molecule has 2 amide bonds. The smallest absolute Gasteiger partial charge is 0.409 e. The summed E-state index contributed by atoms with van der Waals surface area (Å²) in [7, 11) is 1.34. The number of carbonyl (C=O) groups is 2. The van der Waals surface area contributed by atoms with Crippen LogP contribution in [0.2, 0.25) is 0 Å². The van der Waals surface area contributed by atoms with Crippen LogP contribution < -0.4 is 5.32 Å². The summed E-state index contributed by atoms with van der Waals surface area (Å²) in [5, 5.41) is 2.65. The minimum atomic E-state index is -0.877. The van der Waals surface area contributed by atoms with Crippen LogP contribution in [0, 0.1) is 17.6 Å². The standard InChI is InChI=1S/C15H18F2N2O3/c1-22-15(21)19-6-4-10(5-7-19)9-18-14(20)12-3-2-11(16)8-13(12)17/h2-3,8,10H,4-7,9H2,1H3,(H,18,20). The maximum absolute atomic E-state index is 13.5. The molecule has 1 fully saturated rings. The second-order valence-electron chi connectivity index (χ2n) is 5.23. The number of nitrogens with zero attached hydrogens (tertiary/aromatic N) is 1. The van der Waals surface area contributed by atoms with Gasteiger partial charge in [-0.2, -0.15) is 0 Å². The third-order valence-corrected chi connectivity index (χ3v) is 3.77. The van der Waals surface area contributed by atoms with Crippen molar-refractivity contribution in [1.82, 2.24) is 10.2 Å². The number of ether oxygens (including phenoxy) is 1. The average molecular weight is 312 g/mol. The summed E-state index contributed by atoms with van der Waals surface area (Å²) in [6.45, 7) is 1.53. The molecule has 1 saturated heterocycles. The maximum atomic E-state index is 13.5. The largest absolute Gasteiger partial charge is 0.453 e. The van der Waals surface area contributed by atoms with Crippen LogP contribution in [0.5, 0.6) is 0 Å². The van der Waals surface area contributed by atoms with E-state index < -0.39 is 17.5 Å². The molecule has 1 aromatic rings. The Morgan fingerprint density at radius 1 is 1.32 bits per heavy atom. The van der Waals surface area contributed by atoms with Crippen LogP contribution in [0.15, 0.2) is 18.2 Å². The molecule has 5 nitrogen and oxygen atoms in total. The molecule has 0 aliphatic carbocycles. The minimum absolute atomic E-state index is 0.173. The highest BCUT2D eigenvalue weighted by Gasteiger charge is 2.23. The number of methoxy groups -OCH3 is 1. The van der Waals surface area contributed by atoms with Crippen molar-refractivity contribution in [1.29, 1.82) is 0 Å². The maximum Gasteiger partial charge on any atom is 0.409 e. The predicted octanol–water partition coefficient (Wildman–Crippen LogP) is 2.17. The number of halogens is 2. The Kier molecular flexibility index (Phi) is 5.30. The van der Waals surface area contributed by atoms with E-state index in [1.165, 1.54) is 7.11 Å². The fourth-order valence-corrected chi connectivity index (χ4v) is 2.45. The normalized spacial score (nSPS) is 15.5. The number of piperidine rings is 1. The number of benzene rings is 1. The zero-order valence-electron chi connectivity index (χ0n) is 12.3. The number of rotatable bonds is 3. The van der Waals surface area contributed by atoms with Crippen molar-refractivity contribution in [2.24, 2.45) is 5.92 Å². The average Bonchev–Trinajstić information content (AvgIpc) is 2.52. The molecular formula is C15H18F2N2O3. The summed E-state index contributed by atoms with van der Waals surface area (Å²) in [5.41, 5.74) is -0.173. The van der Waals surface area contributed by atoms with Gasteiger partial charge in [-0.05, 0) is 30.9 Å². The summed E-state index contributed by atoms with van der Waals surface area (Å²) < 4.78 is 30.9. The predicted molar refractivity (Wildman–Crippen MR) is 75.4 cm³/mol. The molecule has 1 heterocycles. The Bertz CT molecular complexity index is 558. The van der Waals surface area contributed by atoms with Crippen molar-refractivity contribution in [3.8, 4) is 0 Å². The lowest BCUT2D eigenvalue weighted by Crippen LogP contribution is -2.41. The van der Waals surface area contributed by atoms with Crippen LogP contribution in [0.3, 0.4) is 0 Å². The van der Waals surface area contributed by atoms with Crippen LogP contribution in [-0.4, -0.2) is 43.6 Å². The first-order valence-corrected chi connectivity index (χ1v) is 7.07. The van der Waals surface area contributed by atoms with Crippen LogP contribution in [0.4, 0.5) is 13.6 Å². The van der Waals surface area contributed by atoms with Gasteiger partial charge in [-0.15, -0.1) is 0 Å². The number of amides is 2. The Morgan fingerprint density at radius 3 is 2.59 bits per heavy atom. The molecular weight excluding hydrogens is 294 g/mol. The molecule has 120 valence electrons. The highest BCUT2D eigenvalue weighted by molar-refractivity contribution is 5.94. The Morgan fingerprint density at radius 2 is 2.00 bits per heavy atom. The van der Waals surface area contributed by atoms with Crippen molar-refractivity contribution >= 4 is 12.0 Å². The zero-order chi connectivity index (χ0) is 16.1. The number of hydrogen-bond donors (Lipinski definition) is 1. The molecule has 0 spiro atoms. The van der Waals surface area contributed by atoms with E-state index in [9.17, 15) is 18.4 Å². The van der Waals surface area contributed by atoms with E-state index in [0.717, 1.165) is 25.0 Å². The van der Waals surface area contributed by atoms with Crippen molar-refractivity contribution in [3.63, 3.8) is 0 Å². The topological polar surface area (TPSA) is 58.6 Å². The van der Waals surface area contributed by atoms with E-state index in [1.807, 2.05) is 0 Å². The van der Waals surface area contributed by atoms with Gasteiger partial charge in [0.2, 0.25) is 0 Å². The molecule has 1 aliphatic rings. The summed E-state index contributed by atoms with van der Waals surface area (Å²) in [5.74, 6) is -1.94. The fourth-order valence-electron chi connectivity index (χ4n) is 2.45. The molecule has 1 aliphatic heterocycles. The summed E-state index contributed by atoms with van der Waals surface area (Å²) >= 11 is 0. The second kappa shape index (κ2) is 7.20. The quantitative estimate of drug-likeness (QED) is 0.930. The van der Waals surface area contributed by atoms with Crippen molar-refractivity contribution < 1.29 is 23.1 Å². The van der Waals surface area contributed by atoms with E-state index >= 15 is 0 Å². The van der Waals surface area contributed by atoms with Gasteiger partial charge < -0.3 is 15.0 Å². The molecule has 0 atom stereocenters. The third kappa shape index (κ3) is 3.93. The molecule has 0 radical (unpaired) electrons. The van der Waals surface area contributed by atoms with Gasteiger partial charge in [0.1, 0.15) is 11.6 Å². The first-order chi connectivity index (χ1) is 10.5. The van der Waals surface area contributed by atoms with E-state index in [2.05, 4.69) is 10.1 Å². The highest BCUT2D eigenvalue weighted by atomic mass is 19.1. The second-order valence-corrected chi connectivity index (χ2v) is 5.23. The number of likely N-dealkylation sites (tertiary alicyclic amines) is 1. The summed E-state index contributed by atoms with van der Waals surface area (Å²) in [6.07, 6.45) is 1.12. The zero-order valence-corrected chi connectivity index (χ0v) is 12.3. The first-order valence-electron chi connectivity index (χ1n) is 7.07. The molecule has 0 bridgehead atoms. The molecule has 22 heavy (non-hydrogen) atoms. The SMILES string of the molecule is COC(=O)N1CCC(CNC(=O)c2ccc(F)cc2F)CC1. The lowest BCUT2D eigenvalue weighted by Gasteiger charge is -2.30. The molecule has 0 aromatic heterocycles. The Hall–Kier alpha value is -2.18. The van der Waals surface area contributed by atoms with E-state index in [-0.39, 0.29) is 17.6 Å². The van der Waals surface area contributed by atoms with Crippen molar-refractivity contribution in [2.45, 2.75) is 12.8 Å². The molecule has 1 N–H and O–H groups in total. The van der Waals surface area contributed by atoms with Crippen LogP contribution in [-0.2, 0) is 4.74 Å². The molecule has 1 aromatic carbocycles. The van der Waals surface area contributed by atoms with Gasteiger partial charge >= 0.3 is 6.09 Å². The number of carbonyl (C=O) groups excluding carboxylic acids is 2. The fraction of sp³-hybridized carbons (Fsp3) is 0.467. The number of nitrogens with one attached hydrogen (secondary N) is 1. The van der Waals surface area contributed by atoms with Crippen LogP contribution in [0.1, 0.15) is 23.2 Å². The molecule has 7 heteroatoms. The molecule has 2 rings (SSSR count).